The number of ketones is 1. The number of carbonyl (C=O) groups is 2. The number of thiol groups is 1. The minimum Gasteiger partial charge on any atom is -0.298 e. The molecule has 0 saturated heterocycles. The van der Waals surface area contributed by atoms with Crippen LogP contribution in [0.15, 0.2) is 23.1 Å². The number of benzene rings is 1. The first-order valence-corrected chi connectivity index (χ1v) is 4.87. The van der Waals surface area contributed by atoms with Gasteiger partial charge in [0.05, 0.1) is 0 Å². The van der Waals surface area contributed by atoms with Gasteiger partial charge in [0.25, 0.3) is 0 Å². The fraction of sp³-hybridized carbons (Fsp3) is 0.200. The van der Waals surface area contributed by atoms with Gasteiger partial charge in [0.1, 0.15) is 11.7 Å². The number of hydrogen-bond donors (Lipinski definition) is 1. The molecular weight excluding hydrogens is 220 g/mol. The summed E-state index contributed by atoms with van der Waals surface area (Å²) in [4.78, 5) is 22.4. The van der Waals surface area contributed by atoms with Crippen molar-refractivity contribution in [3.63, 3.8) is 0 Å². The lowest BCUT2D eigenvalue weighted by atomic mass is 10.0. The minimum atomic E-state index is -0.760. The highest BCUT2D eigenvalue weighted by atomic mass is 35.5. The van der Waals surface area contributed by atoms with E-state index in [4.69, 9.17) is 11.6 Å². The van der Waals surface area contributed by atoms with Crippen molar-refractivity contribution >= 4 is 36.3 Å². The molecule has 0 N–H and O–H groups in total. The predicted molar refractivity (Wildman–Crippen MR) is 58.4 cm³/mol. The molecule has 0 aliphatic heterocycles. The summed E-state index contributed by atoms with van der Waals surface area (Å²) in [5.41, 5.74) is 0.944. The molecule has 0 aliphatic rings. The third-order valence-corrected chi connectivity index (χ3v) is 2.65. The number of carbonyl (C=O) groups excluding carboxylic acids is 2. The first-order chi connectivity index (χ1) is 6.56. The SMILES string of the molecule is CC(=O)C(Cl)c1ccc(S)cc1C=O. The number of alkyl halides is 1. The number of hydrogen-bond acceptors (Lipinski definition) is 3. The van der Waals surface area contributed by atoms with E-state index in [1.54, 1.807) is 18.2 Å². The standard InChI is InChI=1S/C10H9ClO2S/c1-6(13)10(11)9-3-2-8(14)4-7(9)5-12/h2-5,10,14H,1H3. The molecule has 0 heterocycles. The summed E-state index contributed by atoms with van der Waals surface area (Å²) in [5, 5.41) is -0.760. The third kappa shape index (κ3) is 2.36. The maximum absolute atomic E-state index is 11.0. The van der Waals surface area contributed by atoms with Gasteiger partial charge >= 0.3 is 0 Å². The zero-order valence-corrected chi connectivity index (χ0v) is 9.18. The number of rotatable bonds is 3. The Bertz CT molecular complexity index is 376. The first-order valence-electron chi connectivity index (χ1n) is 3.99. The lowest BCUT2D eigenvalue weighted by Crippen LogP contribution is -2.04. The molecule has 0 aromatic heterocycles. The molecule has 1 aromatic carbocycles. The minimum absolute atomic E-state index is 0.179. The molecule has 1 aromatic rings. The van der Waals surface area contributed by atoms with Crippen molar-refractivity contribution in [2.75, 3.05) is 0 Å². The van der Waals surface area contributed by atoms with E-state index in [9.17, 15) is 9.59 Å². The van der Waals surface area contributed by atoms with Crippen molar-refractivity contribution < 1.29 is 9.59 Å². The van der Waals surface area contributed by atoms with E-state index < -0.39 is 5.38 Å². The van der Waals surface area contributed by atoms with Crippen LogP contribution in [0.1, 0.15) is 28.2 Å². The molecule has 0 spiro atoms. The van der Waals surface area contributed by atoms with Crippen molar-refractivity contribution in [1.82, 2.24) is 0 Å². The van der Waals surface area contributed by atoms with Gasteiger partial charge in [0.2, 0.25) is 0 Å². The first kappa shape index (κ1) is 11.3. The van der Waals surface area contributed by atoms with Crippen LogP contribution in [0, 0.1) is 0 Å². The molecule has 1 atom stereocenters. The van der Waals surface area contributed by atoms with Crippen molar-refractivity contribution in [1.29, 1.82) is 0 Å². The normalized spacial score (nSPS) is 12.2. The maximum atomic E-state index is 11.0. The van der Waals surface area contributed by atoms with Crippen LogP contribution in [-0.2, 0) is 4.79 Å². The molecule has 0 saturated carbocycles. The smallest absolute Gasteiger partial charge is 0.152 e. The van der Waals surface area contributed by atoms with Gasteiger partial charge in [-0.25, -0.2) is 0 Å². The molecule has 0 bridgehead atoms. The average molecular weight is 229 g/mol. The van der Waals surface area contributed by atoms with Gasteiger partial charge in [-0.3, -0.25) is 9.59 Å². The Kier molecular flexibility index (Phi) is 3.72. The summed E-state index contributed by atoms with van der Waals surface area (Å²) in [6.07, 6.45) is 0.674. The van der Waals surface area contributed by atoms with Crippen LogP contribution in [0.3, 0.4) is 0 Å². The van der Waals surface area contributed by atoms with E-state index in [2.05, 4.69) is 12.6 Å². The zero-order chi connectivity index (χ0) is 10.7. The summed E-state index contributed by atoms with van der Waals surface area (Å²) in [5.74, 6) is -0.179. The van der Waals surface area contributed by atoms with Gasteiger partial charge in [0.15, 0.2) is 5.78 Å². The summed E-state index contributed by atoms with van der Waals surface area (Å²) in [6.45, 7) is 1.39. The fourth-order valence-electron chi connectivity index (χ4n) is 1.11. The van der Waals surface area contributed by atoms with Crippen molar-refractivity contribution in [3.8, 4) is 0 Å². The highest BCUT2D eigenvalue weighted by Crippen LogP contribution is 2.25. The Morgan fingerprint density at radius 3 is 2.71 bits per heavy atom. The van der Waals surface area contributed by atoms with E-state index in [-0.39, 0.29) is 5.78 Å². The van der Waals surface area contributed by atoms with E-state index >= 15 is 0 Å². The summed E-state index contributed by atoms with van der Waals surface area (Å²) in [7, 11) is 0. The molecular formula is C10H9ClO2S. The van der Waals surface area contributed by atoms with Gasteiger partial charge in [-0.05, 0) is 24.6 Å². The maximum Gasteiger partial charge on any atom is 0.152 e. The lowest BCUT2D eigenvalue weighted by molar-refractivity contribution is -0.116. The second kappa shape index (κ2) is 4.62. The van der Waals surface area contributed by atoms with Crippen LogP contribution >= 0.6 is 24.2 Å². The summed E-state index contributed by atoms with van der Waals surface area (Å²) in [6, 6.07) is 4.93. The van der Waals surface area contributed by atoms with E-state index in [1.165, 1.54) is 6.92 Å². The highest BCUT2D eigenvalue weighted by molar-refractivity contribution is 7.80. The van der Waals surface area contributed by atoms with Crippen LogP contribution in [0.2, 0.25) is 0 Å². The number of Topliss-reactive ketones (excluding diaryl/α,β-unsaturated/α-hetero) is 1. The van der Waals surface area contributed by atoms with Crippen molar-refractivity contribution in [2.24, 2.45) is 0 Å². The Hall–Kier alpha value is -0.800. The Balaban J connectivity index is 3.20. The van der Waals surface area contributed by atoms with Gasteiger partial charge in [-0.1, -0.05) is 6.07 Å². The Morgan fingerprint density at radius 2 is 2.21 bits per heavy atom. The van der Waals surface area contributed by atoms with Gasteiger partial charge in [-0.2, -0.15) is 0 Å². The molecule has 4 heteroatoms. The van der Waals surface area contributed by atoms with Crippen LogP contribution < -0.4 is 0 Å². The largest absolute Gasteiger partial charge is 0.298 e. The van der Waals surface area contributed by atoms with Crippen molar-refractivity contribution in [2.45, 2.75) is 17.2 Å². The molecule has 2 nitrogen and oxygen atoms in total. The predicted octanol–water partition coefficient (Wildman–Crippen LogP) is 2.66. The van der Waals surface area contributed by atoms with E-state index in [0.29, 0.717) is 22.3 Å². The van der Waals surface area contributed by atoms with Crippen molar-refractivity contribution in [3.05, 3.63) is 29.3 Å². The fourth-order valence-corrected chi connectivity index (χ4v) is 1.53. The topological polar surface area (TPSA) is 34.1 Å². The van der Waals surface area contributed by atoms with Gasteiger partial charge in [0, 0.05) is 10.5 Å². The zero-order valence-electron chi connectivity index (χ0n) is 7.53. The summed E-state index contributed by atoms with van der Waals surface area (Å²) < 4.78 is 0. The number of halogens is 1. The second-order valence-corrected chi connectivity index (χ2v) is 3.86. The van der Waals surface area contributed by atoms with E-state index in [0.717, 1.165) is 0 Å². The molecule has 1 rings (SSSR count). The summed E-state index contributed by atoms with van der Waals surface area (Å²) >= 11 is 9.93. The van der Waals surface area contributed by atoms with Gasteiger partial charge in [-0.15, -0.1) is 24.2 Å². The average Bonchev–Trinajstić information content (AvgIpc) is 2.16. The lowest BCUT2D eigenvalue weighted by Gasteiger charge is -2.08. The Morgan fingerprint density at radius 1 is 1.57 bits per heavy atom. The van der Waals surface area contributed by atoms with Crippen LogP contribution in [0.4, 0.5) is 0 Å². The molecule has 0 fully saturated rings. The second-order valence-electron chi connectivity index (χ2n) is 2.90. The Labute approximate surface area is 92.7 Å². The quantitative estimate of drug-likeness (QED) is 0.490. The number of aldehydes is 1. The van der Waals surface area contributed by atoms with Gasteiger partial charge < -0.3 is 0 Å². The molecule has 0 aliphatic carbocycles. The molecule has 0 radical (unpaired) electrons. The van der Waals surface area contributed by atoms with Crippen LogP contribution in [-0.4, -0.2) is 12.1 Å². The molecule has 0 amide bonds. The van der Waals surface area contributed by atoms with Crippen LogP contribution in [0.25, 0.3) is 0 Å². The molecule has 74 valence electrons. The molecule has 14 heavy (non-hydrogen) atoms. The monoisotopic (exact) mass is 228 g/mol. The molecule has 1 unspecified atom stereocenters. The highest BCUT2D eigenvalue weighted by Gasteiger charge is 2.16. The van der Waals surface area contributed by atoms with E-state index in [1.807, 2.05) is 0 Å². The van der Waals surface area contributed by atoms with Crippen LogP contribution in [0.5, 0.6) is 0 Å². The third-order valence-electron chi connectivity index (χ3n) is 1.83.